The van der Waals surface area contributed by atoms with E-state index in [-0.39, 0.29) is 11.8 Å². The van der Waals surface area contributed by atoms with E-state index in [9.17, 15) is 5.11 Å². The zero-order valence-corrected chi connectivity index (χ0v) is 11.1. The maximum absolute atomic E-state index is 9.31. The Bertz CT molecular complexity index is 725. The highest BCUT2D eigenvalue weighted by atomic mass is 16.3. The third-order valence-corrected chi connectivity index (χ3v) is 3.25. The van der Waals surface area contributed by atoms with Crippen molar-refractivity contribution in [3.05, 3.63) is 60.4 Å². The average Bonchev–Trinajstić information content (AvgIpc) is 2.48. The number of rotatable bonds is 3. The molecule has 0 aliphatic rings. The molecule has 3 rings (SSSR count). The third kappa shape index (κ3) is 2.54. The molecule has 0 saturated heterocycles. The predicted molar refractivity (Wildman–Crippen MR) is 79.7 cm³/mol. The third-order valence-electron chi connectivity index (χ3n) is 3.25. The van der Waals surface area contributed by atoms with Crippen molar-refractivity contribution in [1.29, 1.82) is 0 Å². The van der Waals surface area contributed by atoms with Gasteiger partial charge in [0.05, 0.1) is 11.0 Å². The van der Waals surface area contributed by atoms with Crippen LogP contribution in [0.3, 0.4) is 0 Å². The van der Waals surface area contributed by atoms with Crippen LogP contribution >= 0.6 is 0 Å². The Morgan fingerprint density at radius 3 is 2.40 bits per heavy atom. The lowest BCUT2D eigenvalue weighted by atomic mass is 10.1. The molecule has 2 aromatic carbocycles. The minimum Gasteiger partial charge on any atom is -0.508 e. The summed E-state index contributed by atoms with van der Waals surface area (Å²) in [5.74, 6) is 0.280. The first-order valence-corrected chi connectivity index (χ1v) is 6.48. The zero-order valence-electron chi connectivity index (χ0n) is 11.1. The number of benzene rings is 2. The molecule has 1 aromatic heterocycles. The van der Waals surface area contributed by atoms with E-state index in [0.29, 0.717) is 0 Å². The summed E-state index contributed by atoms with van der Waals surface area (Å²) < 4.78 is 0. The summed E-state index contributed by atoms with van der Waals surface area (Å²) in [7, 11) is 0. The van der Waals surface area contributed by atoms with Crippen LogP contribution in [0.2, 0.25) is 0 Å². The van der Waals surface area contributed by atoms with Gasteiger partial charge in [-0.2, -0.15) is 0 Å². The second kappa shape index (κ2) is 5.17. The monoisotopic (exact) mass is 265 g/mol. The maximum atomic E-state index is 9.31. The van der Waals surface area contributed by atoms with Crippen LogP contribution in [-0.2, 0) is 0 Å². The number of aromatic hydroxyl groups is 1. The van der Waals surface area contributed by atoms with Gasteiger partial charge in [-0.3, -0.25) is 9.97 Å². The van der Waals surface area contributed by atoms with E-state index in [1.54, 1.807) is 24.5 Å². The van der Waals surface area contributed by atoms with Crippen LogP contribution in [0.4, 0.5) is 5.69 Å². The fourth-order valence-electron chi connectivity index (χ4n) is 2.15. The lowest BCUT2D eigenvalue weighted by Gasteiger charge is -2.16. The first-order valence-electron chi connectivity index (χ1n) is 6.48. The van der Waals surface area contributed by atoms with Gasteiger partial charge in [0.25, 0.3) is 0 Å². The van der Waals surface area contributed by atoms with Gasteiger partial charge in [0.2, 0.25) is 0 Å². The van der Waals surface area contributed by atoms with E-state index < -0.39 is 0 Å². The lowest BCUT2D eigenvalue weighted by Crippen LogP contribution is -2.06. The van der Waals surface area contributed by atoms with Gasteiger partial charge in [0.15, 0.2) is 0 Å². The molecule has 1 unspecified atom stereocenters. The number of nitrogens with one attached hydrogen (secondary N) is 1. The summed E-state index contributed by atoms with van der Waals surface area (Å²) in [5.41, 5.74) is 3.87. The number of phenolic OH excluding ortho intramolecular Hbond substituents is 1. The molecule has 1 atom stereocenters. The van der Waals surface area contributed by atoms with Crippen LogP contribution in [0.25, 0.3) is 11.0 Å². The molecule has 4 nitrogen and oxygen atoms in total. The first-order chi connectivity index (χ1) is 9.72. The van der Waals surface area contributed by atoms with E-state index in [4.69, 9.17) is 0 Å². The topological polar surface area (TPSA) is 58.0 Å². The quantitative estimate of drug-likeness (QED) is 0.761. The summed E-state index contributed by atoms with van der Waals surface area (Å²) in [5, 5.41) is 12.7. The van der Waals surface area contributed by atoms with Crippen LogP contribution in [0.15, 0.2) is 54.9 Å². The Morgan fingerprint density at radius 1 is 0.950 bits per heavy atom. The SMILES string of the molecule is CC(Nc1ccc2nccnc2c1)c1ccc(O)cc1. The van der Waals surface area contributed by atoms with Crippen molar-refractivity contribution in [3.63, 3.8) is 0 Å². The molecule has 1 heterocycles. The maximum Gasteiger partial charge on any atom is 0.115 e. The number of fused-ring (bicyclic) bond motifs is 1. The van der Waals surface area contributed by atoms with Gasteiger partial charge in [-0.15, -0.1) is 0 Å². The van der Waals surface area contributed by atoms with Gasteiger partial charge in [0, 0.05) is 24.1 Å². The molecule has 0 fully saturated rings. The Labute approximate surface area is 117 Å². The fraction of sp³-hybridized carbons (Fsp3) is 0.125. The Hall–Kier alpha value is -2.62. The molecule has 4 heteroatoms. The van der Waals surface area contributed by atoms with Gasteiger partial charge in [-0.05, 0) is 42.8 Å². The molecule has 0 radical (unpaired) electrons. The van der Waals surface area contributed by atoms with Crippen LogP contribution in [0.5, 0.6) is 5.75 Å². The van der Waals surface area contributed by atoms with Crippen LogP contribution < -0.4 is 5.32 Å². The number of hydrogen-bond acceptors (Lipinski definition) is 4. The first kappa shape index (κ1) is 12.4. The number of aromatic nitrogens is 2. The van der Waals surface area contributed by atoms with E-state index >= 15 is 0 Å². The molecule has 0 aliphatic heterocycles. The van der Waals surface area contributed by atoms with Gasteiger partial charge < -0.3 is 10.4 Å². The second-order valence-electron chi connectivity index (χ2n) is 4.72. The largest absolute Gasteiger partial charge is 0.508 e. The summed E-state index contributed by atoms with van der Waals surface area (Å²) in [6, 6.07) is 13.3. The predicted octanol–water partition coefficient (Wildman–Crippen LogP) is 3.51. The summed E-state index contributed by atoms with van der Waals surface area (Å²) in [4.78, 5) is 8.55. The fourth-order valence-corrected chi connectivity index (χ4v) is 2.15. The Balaban J connectivity index is 1.83. The Kier molecular flexibility index (Phi) is 3.21. The van der Waals surface area contributed by atoms with Crippen molar-refractivity contribution in [2.45, 2.75) is 13.0 Å². The summed E-state index contributed by atoms with van der Waals surface area (Å²) in [6.07, 6.45) is 3.38. The van der Waals surface area contributed by atoms with Crippen LogP contribution in [0, 0.1) is 0 Å². The standard InChI is InChI=1S/C16H15N3O/c1-11(12-2-5-14(20)6-3-12)19-13-4-7-15-16(10-13)18-9-8-17-15/h2-11,19-20H,1H3. The van der Waals surface area contributed by atoms with Crippen molar-refractivity contribution in [2.24, 2.45) is 0 Å². The van der Waals surface area contributed by atoms with Crippen molar-refractivity contribution in [2.75, 3.05) is 5.32 Å². The molecule has 0 aliphatic carbocycles. The summed E-state index contributed by atoms with van der Waals surface area (Å²) in [6.45, 7) is 2.08. The van der Waals surface area contributed by atoms with E-state index in [1.807, 2.05) is 30.3 Å². The second-order valence-corrected chi connectivity index (χ2v) is 4.72. The normalized spacial score (nSPS) is 12.2. The van der Waals surface area contributed by atoms with Gasteiger partial charge in [-0.1, -0.05) is 12.1 Å². The number of anilines is 1. The number of nitrogens with zero attached hydrogens (tertiary/aromatic N) is 2. The van der Waals surface area contributed by atoms with Crippen molar-refractivity contribution >= 4 is 16.7 Å². The Morgan fingerprint density at radius 2 is 1.65 bits per heavy atom. The highest BCUT2D eigenvalue weighted by molar-refractivity contribution is 5.78. The highest BCUT2D eigenvalue weighted by Gasteiger charge is 2.06. The van der Waals surface area contributed by atoms with Gasteiger partial charge in [0.1, 0.15) is 5.75 Å². The van der Waals surface area contributed by atoms with E-state index in [1.165, 1.54) is 0 Å². The van der Waals surface area contributed by atoms with Crippen LogP contribution in [0.1, 0.15) is 18.5 Å². The van der Waals surface area contributed by atoms with E-state index in [2.05, 4.69) is 22.2 Å². The molecule has 0 bridgehead atoms. The molecule has 0 saturated carbocycles. The molecule has 20 heavy (non-hydrogen) atoms. The van der Waals surface area contributed by atoms with Crippen molar-refractivity contribution in [3.8, 4) is 5.75 Å². The van der Waals surface area contributed by atoms with Crippen LogP contribution in [-0.4, -0.2) is 15.1 Å². The molecule has 2 N–H and O–H groups in total. The minimum atomic E-state index is 0.143. The zero-order chi connectivity index (χ0) is 13.9. The van der Waals surface area contributed by atoms with Gasteiger partial charge in [-0.25, -0.2) is 0 Å². The molecule has 100 valence electrons. The lowest BCUT2D eigenvalue weighted by molar-refractivity contribution is 0.475. The van der Waals surface area contributed by atoms with Crippen molar-refractivity contribution < 1.29 is 5.11 Å². The number of hydrogen-bond donors (Lipinski definition) is 2. The van der Waals surface area contributed by atoms with Gasteiger partial charge >= 0.3 is 0 Å². The molecular formula is C16H15N3O. The highest BCUT2D eigenvalue weighted by Crippen LogP contribution is 2.22. The van der Waals surface area contributed by atoms with E-state index in [0.717, 1.165) is 22.3 Å². The molecule has 0 spiro atoms. The molecule has 3 aromatic rings. The summed E-state index contributed by atoms with van der Waals surface area (Å²) >= 11 is 0. The smallest absolute Gasteiger partial charge is 0.115 e. The minimum absolute atomic E-state index is 0.143. The molecule has 0 amide bonds. The van der Waals surface area contributed by atoms with Crippen molar-refractivity contribution in [1.82, 2.24) is 9.97 Å². The molecular weight excluding hydrogens is 250 g/mol. The average molecular weight is 265 g/mol. The number of phenols is 1.